The van der Waals surface area contributed by atoms with E-state index in [-0.39, 0.29) is 4.90 Å². The van der Waals surface area contributed by atoms with E-state index in [9.17, 15) is 13.7 Å². The highest BCUT2D eigenvalue weighted by Crippen LogP contribution is 2.47. The van der Waals surface area contributed by atoms with Gasteiger partial charge in [0.05, 0.1) is 15.1 Å². The van der Waals surface area contributed by atoms with Gasteiger partial charge < -0.3 is 5.32 Å². The maximum atomic E-state index is 13.2. The molecule has 0 atom stereocenters. The lowest BCUT2D eigenvalue weighted by Crippen LogP contribution is -2.12. The smallest absolute Gasteiger partial charge is 0.261 e. The number of hydrogen-bond acceptors (Lipinski definition) is 8. The first kappa shape index (κ1) is 31.8. The molecule has 0 fully saturated rings. The van der Waals surface area contributed by atoms with Crippen molar-refractivity contribution in [1.29, 1.82) is 5.26 Å². The van der Waals surface area contributed by atoms with Crippen LogP contribution in [0.1, 0.15) is 11.1 Å². The summed E-state index contributed by atoms with van der Waals surface area (Å²) in [5.74, 6) is 0.342. The maximum Gasteiger partial charge on any atom is 0.261 e. The Labute approximate surface area is 298 Å². The summed E-state index contributed by atoms with van der Waals surface area (Å²) in [6.45, 7) is 1.94. The van der Waals surface area contributed by atoms with Crippen molar-refractivity contribution in [3.8, 4) is 39.6 Å². The molecular weight excluding hydrogens is 673 g/mol. The van der Waals surface area contributed by atoms with E-state index in [0.29, 0.717) is 33.1 Å². The molecule has 8 aromatic rings. The summed E-state index contributed by atoms with van der Waals surface area (Å²) in [5.41, 5.74) is 8.23. The van der Waals surface area contributed by atoms with Crippen LogP contribution in [0.15, 0.2) is 144 Å². The number of nitrogens with one attached hydrogen (secondary N) is 2. The van der Waals surface area contributed by atoms with Crippen LogP contribution in [0.25, 0.3) is 53.9 Å². The van der Waals surface area contributed by atoms with Crippen LogP contribution in [-0.4, -0.2) is 23.6 Å². The Morgan fingerprint density at radius 2 is 1.24 bits per heavy atom. The second-order valence-corrected chi connectivity index (χ2v) is 14.6. The van der Waals surface area contributed by atoms with Gasteiger partial charge in [0.2, 0.25) is 0 Å². The predicted molar refractivity (Wildman–Crippen MR) is 205 cm³/mol. The minimum atomic E-state index is -3.83. The second kappa shape index (κ2) is 13.1. The van der Waals surface area contributed by atoms with Crippen molar-refractivity contribution >= 4 is 59.0 Å². The van der Waals surface area contributed by atoms with Gasteiger partial charge in [0, 0.05) is 33.5 Å². The largest absolute Gasteiger partial charge is 0.339 e. The molecule has 51 heavy (non-hydrogen) atoms. The summed E-state index contributed by atoms with van der Waals surface area (Å²) in [6.07, 6.45) is 0. The van der Waals surface area contributed by atoms with E-state index < -0.39 is 10.0 Å². The first-order chi connectivity index (χ1) is 24.9. The molecule has 0 bridgehead atoms. The number of nitriles is 1. The van der Waals surface area contributed by atoms with E-state index in [2.05, 4.69) is 28.2 Å². The Kier molecular flexibility index (Phi) is 8.20. The van der Waals surface area contributed by atoms with Gasteiger partial charge in [0.15, 0.2) is 0 Å². The molecule has 0 aliphatic carbocycles. The van der Waals surface area contributed by atoms with Crippen molar-refractivity contribution in [3.05, 3.63) is 151 Å². The third-order valence-corrected chi connectivity index (χ3v) is 11.0. The Balaban J connectivity index is 1.31. The van der Waals surface area contributed by atoms with Crippen LogP contribution in [0.2, 0.25) is 0 Å². The van der Waals surface area contributed by atoms with Gasteiger partial charge in [0.25, 0.3) is 10.0 Å². The third-order valence-electron chi connectivity index (χ3n) is 8.54. The van der Waals surface area contributed by atoms with Crippen molar-refractivity contribution in [1.82, 2.24) is 15.2 Å². The van der Waals surface area contributed by atoms with Crippen LogP contribution in [0.3, 0.4) is 0 Å². The van der Waals surface area contributed by atoms with Gasteiger partial charge in [0.1, 0.15) is 28.0 Å². The Hall–Kier alpha value is -6.41. The molecule has 3 heterocycles. The molecule has 10 heteroatoms. The molecule has 0 unspecified atom stereocenters. The van der Waals surface area contributed by atoms with E-state index in [4.69, 9.17) is 15.2 Å². The molecule has 0 aliphatic rings. The van der Waals surface area contributed by atoms with Crippen LogP contribution in [-0.2, 0) is 10.0 Å². The molecular formula is C41H28N6O2S2. The Bertz CT molecular complexity index is 2690. The van der Waals surface area contributed by atoms with E-state index in [1.807, 2.05) is 97.9 Å². The average Bonchev–Trinajstić information content (AvgIpc) is 3.54. The van der Waals surface area contributed by atoms with Crippen LogP contribution < -0.4 is 10.0 Å². The molecule has 0 radical (unpaired) electrons. The van der Waals surface area contributed by atoms with Crippen LogP contribution in [0.5, 0.6) is 0 Å². The first-order valence-corrected chi connectivity index (χ1v) is 18.4. The number of benzene rings is 5. The quantitative estimate of drug-likeness (QED) is 0.162. The molecule has 5 aromatic carbocycles. The van der Waals surface area contributed by atoms with E-state index in [0.717, 1.165) is 49.2 Å². The van der Waals surface area contributed by atoms with Crippen LogP contribution in [0, 0.1) is 18.3 Å². The summed E-state index contributed by atoms with van der Waals surface area (Å²) >= 11 is 1.46. The highest BCUT2D eigenvalue weighted by atomic mass is 32.2. The van der Waals surface area contributed by atoms with Crippen molar-refractivity contribution in [3.63, 3.8) is 0 Å². The monoisotopic (exact) mass is 700 g/mol. The van der Waals surface area contributed by atoms with E-state index in [1.54, 1.807) is 24.3 Å². The van der Waals surface area contributed by atoms with Crippen molar-refractivity contribution < 1.29 is 8.42 Å². The topological polar surface area (TPSA) is 121 Å². The number of fused-ring (bicyclic) bond motifs is 3. The number of nitrogens with zero attached hydrogens (tertiary/aromatic N) is 4. The van der Waals surface area contributed by atoms with Gasteiger partial charge >= 0.3 is 0 Å². The third kappa shape index (κ3) is 6.06. The lowest BCUT2D eigenvalue weighted by molar-refractivity contribution is 0.601. The summed E-state index contributed by atoms with van der Waals surface area (Å²) in [5, 5.41) is 24.3. The SMILES string of the molecule is Cc1ccc(NS(=O)(=O)c2ccc(Nc3nc4c(sc5nnc(-c6ccccc6)c(-c6ccccc6)c54)c(-c4ccccc4)c3C#N)cc2)cc1. The number of anilines is 3. The van der Waals surface area contributed by atoms with Gasteiger partial charge in [-0.05, 0) is 54.4 Å². The fourth-order valence-electron chi connectivity index (χ4n) is 6.10. The summed E-state index contributed by atoms with van der Waals surface area (Å²) in [4.78, 5) is 5.95. The number of hydrogen-bond donors (Lipinski definition) is 2. The maximum absolute atomic E-state index is 13.2. The molecule has 246 valence electrons. The minimum absolute atomic E-state index is 0.103. The van der Waals surface area contributed by atoms with Crippen molar-refractivity contribution in [2.24, 2.45) is 0 Å². The lowest BCUT2D eigenvalue weighted by atomic mass is 9.95. The average molecular weight is 701 g/mol. The highest BCUT2D eigenvalue weighted by Gasteiger charge is 2.25. The number of pyridine rings is 1. The van der Waals surface area contributed by atoms with Crippen LogP contribution in [0.4, 0.5) is 17.2 Å². The minimum Gasteiger partial charge on any atom is -0.339 e. The molecule has 8 nitrogen and oxygen atoms in total. The molecule has 0 saturated heterocycles. The zero-order valence-corrected chi connectivity index (χ0v) is 28.8. The fourth-order valence-corrected chi connectivity index (χ4v) is 8.30. The Morgan fingerprint density at radius 1 is 0.667 bits per heavy atom. The predicted octanol–water partition coefficient (Wildman–Crippen LogP) is 9.96. The van der Waals surface area contributed by atoms with Crippen LogP contribution >= 0.6 is 11.3 Å². The van der Waals surface area contributed by atoms with E-state index in [1.165, 1.54) is 23.5 Å². The summed E-state index contributed by atoms with van der Waals surface area (Å²) in [7, 11) is -3.83. The first-order valence-electron chi connectivity index (χ1n) is 16.1. The number of thiophene rings is 1. The van der Waals surface area contributed by atoms with Gasteiger partial charge in [-0.15, -0.1) is 21.5 Å². The fraction of sp³-hybridized carbons (Fsp3) is 0.0244. The van der Waals surface area contributed by atoms with Gasteiger partial charge in [-0.3, -0.25) is 4.72 Å². The Morgan fingerprint density at radius 3 is 1.84 bits per heavy atom. The molecule has 2 N–H and O–H groups in total. The van der Waals surface area contributed by atoms with E-state index >= 15 is 0 Å². The zero-order valence-electron chi connectivity index (χ0n) is 27.2. The number of aryl methyl sites for hydroxylation is 1. The standard InChI is InChI=1S/C41H28N6O2S2/c1-26-17-19-31(20-18-26)47-51(48,49)32-23-21-30(22-24-32)43-40-33(25-42)34(27-11-5-2-6-12-27)39-38(44-40)36-35(28-13-7-3-8-14-28)37(45-46-41(36)50-39)29-15-9-4-10-16-29/h2-24,47H,1H3,(H,43,44). The molecule has 3 aromatic heterocycles. The molecule has 0 spiro atoms. The number of aromatic nitrogens is 3. The zero-order chi connectivity index (χ0) is 35.0. The molecule has 8 rings (SSSR count). The highest BCUT2D eigenvalue weighted by molar-refractivity contribution is 7.92. The molecule has 0 aliphatic heterocycles. The molecule has 0 saturated carbocycles. The van der Waals surface area contributed by atoms with Crippen molar-refractivity contribution in [2.45, 2.75) is 11.8 Å². The number of sulfonamides is 1. The van der Waals surface area contributed by atoms with Crippen molar-refractivity contribution in [2.75, 3.05) is 10.0 Å². The lowest BCUT2D eigenvalue weighted by Gasteiger charge is -2.14. The normalized spacial score (nSPS) is 11.4. The van der Waals surface area contributed by atoms with Gasteiger partial charge in [-0.1, -0.05) is 109 Å². The summed E-state index contributed by atoms with van der Waals surface area (Å²) < 4.78 is 29.8. The molecule has 0 amide bonds. The number of rotatable bonds is 8. The van der Waals surface area contributed by atoms with Gasteiger partial charge in [-0.25, -0.2) is 13.4 Å². The summed E-state index contributed by atoms with van der Waals surface area (Å²) in [6, 6.07) is 45.7. The van der Waals surface area contributed by atoms with Gasteiger partial charge in [-0.2, -0.15) is 5.26 Å². The second-order valence-electron chi connectivity index (χ2n) is 11.9.